The summed E-state index contributed by atoms with van der Waals surface area (Å²) in [6.07, 6.45) is 6.53. The van der Waals surface area contributed by atoms with Crippen LogP contribution in [0.3, 0.4) is 0 Å². The van der Waals surface area contributed by atoms with Gasteiger partial charge in [0.2, 0.25) is 0 Å². The molecule has 122 valence electrons. The van der Waals surface area contributed by atoms with E-state index in [1.165, 1.54) is 46.2 Å². The predicted molar refractivity (Wildman–Crippen MR) is 99.8 cm³/mol. The van der Waals surface area contributed by atoms with Gasteiger partial charge < -0.3 is 4.90 Å². The fraction of sp³-hybridized carbons (Fsp3) is 0.400. The molecule has 5 rings (SSSR count). The molecule has 0 amide bonds. The molecular weight excluding hydrogens is 314 g/mol. The Bertz CT molecular complexity index is 914. The number of hydrogen-bond donors (Lipinski definition) is 0. The van der Waals surface area contributed by atoms with Gasteiger partial charge in [-0.2, -0.15) is 0 Å². The molecule has 3 aromatic rings. The van der Waals surface area contributed by atoms with Crippen LogP contribution < -0.4 is 4.90 Å². The first-order valence-electron chi connectivity index (χ1n) is 8.86. The molecule has 1 aliphatic carbocycles. The normalized spacial score (nSPS) is 20.0. The van der Waals surface area contributed by atoms with Gasteiger partial charge >= 0.3 is 0 Å². The van der Waals surface area contributed by atoms with Crippen molar-refractivity contribution >= 4 is 27.4 Å². The second-order valence-electron chi connectivity index (χ2n) is 7.17. The lowest BCUT2D eigenvalue weighted by Gasteiger charge is -2.30. The van der Waals surface area contributed by atoms with E-state index in [0.717, 1.165) is 31.2 Å². The van der Waals surface area contributed by atoms with E-state index in [1.54, 1.807) is 11.2 Å². The van der Waals surface area contributed by atoms with Crippen molar-refractivity contribution in [3.63, 3.8) is 0 Å². The standard InChI is InChI=1S/C20H21N3S/c1-13-6-7-16-17(10-13)24-20-18(16)19(21-12-22-20)23-9-8-14-4-2-3-5-15(14)11-23/h2-5,12-13H,6-11H2,1H3/t13-/m0/s1. The van der Waals surface area contributed by atoms with Gasteiger partial charge in [-0.3, -0.25) is 0 Å². The van der Waals surface area contributed by atoms with Gasteiger partial charge in [0, 0.05) is 18.0 Å². The Morgan fingerprint density at radius 3 is 2.92 bits per heavy atom. The molecule has 0 saturated carbocycles. The Kier molecular flexibility index (Phi) is 3.33. The summed E-state index contributed by atoms with van der Waals surface area (Å²) < 4.78 is 0. The third-order valence-electron chi connectivity index (χ3n) is 5.50. The molecule has 2 aromatic heterocycles. The van der Waals surface area contributed by atoms with Crippen LogP contribution in [0, 0.1) is 5.92 Å². The molecule has 1 atom stereocenters. The molecule has 0 radical (unpaired) electrons. The van der Waals surface area contributed by atoms with Gasteiger partial charge in [-0.15, -0.1) is 11.3 Å². The van der Waals surface area contributed by atoms with Gasteiger partial charge in [-0.1, -0.05) is 31.2 Å². The van der Waals surface area contributed by atoms with Crippen molar-refractivity contribution in [2.24, 2.45) is 5.92 Å². The summed E-state index contributed by atoms with van der Waals surface area (Å²) in [4.78, 5) is 14.5. The third kappa shape index (κ3) is 2.24. The minimum Gasteiger partial charge on any atom is -0.351 e. The van der Waals surface area contributed by atoms with Gasteiger partial charge in [0.25, 0.3) is 0 Å². The van der Waals surface area contributed by atoms with E-state index < -0.39 is 0 Å². The SMILES string of the molecule is C[C@H]1CCc2c(sc3ncnc(N4CCc5ccccc5C4)c23)C1. The number of aromatic nitrogens is 2. The number of anilines is 1. The molecule has 3 nitrogen and oxygen atoms in total. The number of rotatable bonds is 1. The molecule has 3 heterocycles. The Labute approximate surface area is 146 Å². The van der Waals surface area contributed by atoms with E-state index in [4.69, 9.17) is 4.98 Å². The Morgan fingerprint density at radius 1 is 1.12 bits per heavy atom. The van der Waals surface area contributed by atoms with E-state index in [2.05, 4.69) is 41.1 Å². The molecule has 0 N–H and O–H groups in total. The molecule has 0 unspecified atom stereocenters. The smallest absolute Gasteiger partial charge is 0.141 e. The summed E-state index contributed by atoms with van der Waals surface area (Å²) in [5.74, 6) is 1.95. The first-order valence-corrected chi connectivity index (χ1v) is 9.68. The van der Waals surface area contributed by atoms with Crippen molar-refractivity contribution < 1.29 is 0 Å². The van der Waals surface area contributed by atoms with Gasteiger partial charge in [-0.25, -0.2) is 9.97 Å². The van der Waals surface area contributed by atoms with E-state index >= 15 is 0 Å². The van der Waals surface area contributed by atoms with E-state index in [0.29, 0.717) is 0 Å². The van der Waals surface area contributed by atoms with Crippen molar-refractivity contribution in [1.29, 1.82) is 0 Å². The average Bonchev–Trinajstić information content (AvgIpc) is 2.98. The summed E-state index contributed by atoms with van der Waals surface area (Å²) in [6.45, 7) is 4.37. The maximum atomic E-state index is 4.72. The maximum Gasteiger partial charge on any atom is 0.141 e. The summed E-state index contributed by atoms with van der Waals surface area (Å²) in [5, 5.41) is 1.34. The fourth-order valence-electron chi connectivity index (χ4n) is 4.17. The Balaban J connectivity index is 1.61. The monoisotopic (exact) mass is 335 g/mol. The molecule has 0 fully saturated rings. The minimum atomic E-state index is 0.795. The highest BCUT2D eigenvalue weighted by molar-refractivity contribution is 7.19. The van der Waals surface area contributed by atoms with Crippen molar-refractivity contribution in [2.45, 2.75) is 39.2 Å². The van der Waals surface area contributed by atoms with Gasteiger partial charge in [-0.05, 0) is 48.3 Å². The van der Waals surface area contributed by atoms with Crippen LogP contribution in [-0.4, -0.2) is 16.5 Å². The van der Waals surface area contributed by atoms with Crippen LogP contribution in [0.2, 0.25) is 0 Å². The summed E-state index contributed by atoms with van der Waals surface area (Å²) in [7, 11) is 0. The number of aryl methyl sites for hydroxylation is 1. The Morgan fingerprint density at radius 2 is 2.00 bits per heavy atom. The van der Waals surface area contributed by atoms with Gasteiger partial charge in [0.05, 0.1) is 5.39 Å². The first-order chi connectivity index (χ1) is 11.8. The molecule has 1 aliphatic heterocycles. The van der Waals surface area contributed by atoms with E-state index in [1.807, 2.05) is 11.3 Å². The first kappa shape index (κ1) is 14.4. The molecule has 2 aliphatic rings. The van der Waals surface area contributed by atoms with Crippen molar-refractivity contribution in [2.75, 3.05) is 11.4 Å². The maximum absolute atomic E-state index is 4.72. The third-order valence-corrected chi connectivity index (χ3v) is 6.66. The zero-order valence-electron chi connectivity index (χ0n) is 14.0. The fourth-order valence-corrected chi connectivity index (χ4v) is 5.52. The molecule has 4 heteroatoms. The highest BCUT2D eigenvalue weighted by Crippen LogP contribution is 2.41. The van der Waals surface area contributed by atoms with Gasteiger partial charge in [0.1, 0.15) is 17.0 Å². The van der Waals surface area contributed by atoms with Crippen LogP contribution in [0.4, 0.5) is 5.82 Å². The summed E-state index contributed by atoms with van der Waals surface area (Å²) in [6, 6.07) is 8.81. The number of benzene rings is 1. The molecule has 0 spiro atoms. The van der Waals surface area contributed by atoms with E-state index in [9.17, 15) is 0 Å². The predicted octanol–water partition coefficient (Wildman–Crippen LogP) is 4.38. The number of thiophene rings is 1. The second-order valence-corrected chi connectivity index (χ2v) is 8.25. The highest BCUT2D eigenvalue weighted by Gasteiger charge is 2.26. The topological polar surface area (TPSA) is 29.0 Å². The molecule has 1 aromatic carbocycles. The molecule has 0 saturated heterocycles. The van der Waals surface area contributed by atoms with Crippen LogP contribution in [0.25, 0.3) is 10.2 Å². The largest absolute Gasteiger partial charge is 0.351 e. The molecule has 0 bridgehead atoms. The number of fused-ring (bicyclic) bond motifs is 4. The number of nitrogens with zero attached hydrogens (tertiary/aromatic N) is 3. The summed E-state index contributed by atoms with van der Waals surface area (Å²) in [5.41, 5.74) is 4.45. The summed E-state index contributed by atoms with van der Waals surface area (Å²) >= 11 is 1.89. The van der Waals surface area contributed by atoms with Crippen molar-refractivity contribution in [3.8, 4) is 0 Å². The molecule has 24 heavy (non-hydrogen) atoms. The lowest BCUT2D eigenvalue weighted by Crippen LogP contribution is -2.31. The highest BCUT2D eigenvalue weighted by atomic mass is 32.1. The van der Waals surface area contributed by atoms with Crippen LogP contribution in [0.15, 0.2) is 30.6 Å². The van der Waals surface area contributed by atoms with Gasteiger partial charge in [0.15, 0.2) is 0 Å². The van der Waals surface area contributed by atoms with Crippen LogP contribution >= 0.6 is 11.3 Å². The lowest BCUT2D eigenvalue weighted by atomic mass is 9.89. The minimum absolute atomic E-state index is 0.795. The molecular formula is C20H21N3S. The zero-order valence-corrected chi connectivity index (χ0v) is 14.8. The quantitative estimate of drug-likeness (QED) is 0.661. The van der Waals surface area contributed by atoms with Crippen LogP contribution in [0.1, 0.15) is 34.9 Å². The van der Waals surface area contributed by atoms with Crippen molar-refractivity contribution in [1.82, 2.24) is 9.97 Å². The Hall–Kier alpha value is -1.94. The van der Waals surface area contributed by atoms with Crippen LogP contribution in [-0.2, 0) is 25.8 Å². The zero-order chi connectivity index (χ0) is 16.1. The second kappa shape index (κ2) is 5.55. The van der Waals surface area contributed by atoms with E-state index in [-0.39, 0.29) is 0 Å². The average molecular weight is 335 g/mol. The van der Waals surface area contributed by atoms with Crippen molar-refractivity contribution in [3.05, 3.63) is 52.2 Å². The lowest BCUT2D eigenvalue weighted by molar-refractivity contribution is 0.509. The van der Waals surface area contributed by atoms with Crippen LogP contribution in [0.5, 0.6) is 0 Å². The number of hydrogen-bond acceptors (Lipinski definition) is 4.